The van der Waals surface area contributed by atoms with Crippen LogP contribution >= 0.6 is 12.4 Å². The first-order valence-electron chi connectivity index (χ1n) is 12.7. The lowest BCUT2D eigenvalue weighted by Crippen LogP contribution is -2.60. The fourth-order valence-electron chi connectivity index (χ4n) is 6.41. The summed E-state index contributed by atoms with van der Waals surface area (Å²) in [5.74, 6) is 0.647. The minimum atomic E-state index is -0.762. The monoisotopic (exact) mass is 504 g/mol. The highest BCUT2D eigenvalue weighted by atomic mass is 35.5. The van der Waals surface area contributed by atoms with Crippen molar-refractivity contribution in [1.29, 1.82) is 0 Å². The first-order chi connectivity index (χ1) is 16.1. The molecule has 0 aromatic heterocycles. The van der Waals surface area contributed by atoms with Gasteiger partial charge in [-0.05, 0) is 30.7 Å². The molecule has 3 fully saturated rings. The lowest BCUT2D eigenvalue weighted by atomic mass is 9.76. The summed E-state index contributed by atoms with van der Waals surface area (Å²) in [6.07, 6.45) is 1.68. The van der Waals surface area contributed by atoms with Crippen LogP contribution in [0.1, 0.15) is 58.4 Å². The van der Waals surface area contributed by atoms with Crippen molar-refractivity contribution in [2.24, 2.45) is 11.3 Å². The van der Waals surface area contributed by atoms with Gasteiger partial charge in [0, 0.05) is 58.0 Å². The molecular formula is C27H41ClN4O3. The Morgan fingerprint density at radius 1 is 1.11 bits per heavy atom. The van der Waals surface area contributed by atoms with Crippen LogP contribution in [0.15, 0.2) is 30.3 Å². The number of likely N-dealkylation sites (tertiary alicyclic amines) is 1. The molecule has 0 radical (unpaired) electrons. The van der Waals surface area contributed by atoms with Crippen LogP contribution in [0, 0.1) is 11.3 Å². The number of imide groups is 1. The molecule has 0 saturated carbocycles. The summed E-state index contributed by atoms with van der Waals surface area (Å²) in [6, 6.07) is 10.1. The lowest BCUT2D eigenvalue weighted by Gasteiger charge is -2.46. The van der Waals surface area contributed by atoms with Crippen LogP contribution in [0.5, 0.6) is 0 Å². The predicted octanol–water partition coefficient (Wildman–Crippen LogP) is 3.53. The number of hydrogen-bond donors (Lipinski definition) is 1. The zero-order valence-electron chi connectivity index (χ0n) is 21.8. The van der Waals surface area contributed by atoms with Crippen molar-refractivity contribution < 1.29 is 14.4 Å². The van der Waals surface area contributed by atoms with Gasteiger partial charge in [0.05, 0.1) is 6.04 Å². The van der Waals surface area contributed by atoms with Crippen molar-refractivity contribution in [1.82, 2.24) is 20.0 Å². The first-order valence-corrected chi connectivity index (χ1v) is 12.7. The van der Waals surface area contributed by atoms with Gasteiger partial charge < -0.3 is 10.2 Å². The van der Waals surface area contributed by atoms with E-state index in [0.29, 0.717) is 38.9 Å². The van der Waals surface area contributed by atoms with Crippen LogP contribution < -0.4 is 5.32 Å². The van der Waals surface area contributed by atoms with E-state index in [9.17, 15) is 14.4 Å². The van der Waals surface area contributed by atoms with E-state index in [1.54, 1.807) is 11.9 Å². The van der Waals surface area contributed by atoms with Crippen LogP contribution in [-0.4, -0.2) is 83.8 Å². The molecule has 1 unspecified atom stereocenters. The van der Waals surface area contributed by atoms with Crippen LogP contribution in [0.4, 0.5) is 4.79 Å². The molecule has 4 rings (SSSR count). The van der Waals surface area contributed by atoms with Crippen molar-refractivity contribution in [3.05, 3.63) is 35.9 Å². The minimum Gasteiger partial charge on any atom is -0.316 e. The third-order valence-electron chi connectivity index (χ3n) is 8.00. The molecule has 1 spiro atoms. The van der Waals surface area contributed by atoms with Crippen molar-refractivity contribution in [2.75, 3.05) is 39.8 Å². The second kappa shape index (κ2) is 10.6. The molecule has 3 heterocycles. The highest BCUT2D eigenvalue weighted by molar-refractivity contribution is 6.06. The first kappa shape index (κ1) is 27.6. The van der Waals surface area contributed by atoms with E-state index in [1.807, 2.05) is 13.0 Å². The van der Waals surface area contributed by atoms with Crippen molar-refractivity contribution in [3.63, 3.8) is 0 Å². The maximum atomic E-state index is 13.8. The molecule has 7 nitrogen and oxygen atoms in total. The molecule has 3 aliphatic rings. The summed E-state index contributed by atoms with van der Waals surface area (Å²) < 4.78 is 0. The molecule has 8 heteroatoms. The number of amides is 3. The Balaban J connectivity index is 0.00000342. The maximum absolute atomic E-state index is 13.8. The van der Waals surface area contributed by atoms with Gasteiger partial charge in [0.1, 0.15) is 5.54 Å². The zero-order valence-corrected chi connectivity index (χ0v) is 22.6. The number of hydrogen-bond acceptors (Lipinski definition) is 5. The van der Waals surface area contributed by atoms with Crippen molar-refractivity contribution in [3.8, 4) is 0 Å². The SMILES string of the molecule is CCN1C(=O)N(C)C(=O)C12CCN(C(C(=O)CC(C)(C)C)[C@@H]1CNC[C@@H]1c1ccccc1)CC2.Cl. The van der Waals surface area contributed by atoms with E-state index in [0.717, 1.165) is 13.1 Å². The van der Waals surface area contributed by atoms with Crippen LogP contribution in [0.25, 0.3) is 0 Å². The lowest BCUT2D eigenvalue weighted by molar-refractivity contribution is -0.136. The molecule has 0 bridgehead atoms. The van der Waals surface area contributed by atoms with Gasteiger partial charge in [-0.3, -0.25) is 19.4 Å². The second-order valence-corrected chi connectivity index (χ2v) is 11.4. The van der Waals surface area contributed by atoms with Gasteiger partial charge in [0.15, 0.2) is 5.78 Å². The van der Waals surface area contributed by atoms with E-state index in [-0.39, 0.29) is 53.4 Å². The number of halogens is 1. The van der Waals surface area contributed by atoms with Crippen LogP contribution in [0.3, 0.4) is 0 Å². The number of piperidine rings is 1. The number of urea groups is 1. The number of rotatable bonds is 6. The topological polar surface area (TPSA) is 73.0 Å². The Bertz CT molecular complexity index is 924. The molecule has 35 heavy (non-hydrogen) atoms. The predicted molar refractivity (Wildman–Crippen MR) is 140 cm³/mol. The number of nitrogens with one attached hydrogen (secondary N) is 1. The third-order valence-corrected chi connectivity index (χ3v) is 8.00. The molecule has 1 aromatic carbocycles. The van der Waals surface area contributed by atoms with E-state index < -0.39 is 5.54 Å². The highest BCUT2D eigenvalue weighted by Crippen LogP contribution is 2.40. The average Bonchev–Trinajstić information content (AvgIpc) is 3.33. The molecule has 3 saturated heterocycles. The molecular weight excluding hydrogens is 464 g/mol. The summed E-state index contributed by atoms with van der Waals surface area (Å²) in [4.78, 5) is 44.9. The fourth-order valence-corrected chi connectivity index (χ4v) is 6.41. The van der Waals surface area contributed by atoms with Crippen LogP contribution in [0.2, 0.25) is 0 Å². The number of nitrogens with zero attached hydrogens (tertiary/aromatic N) is 3. The molecule has 194 valence electrons. The molecule has 3 atom stereocenters. The van der Waals surface area contributed by atoms with Gasteiger partial charge in [-0.1, -0.05) is 51.1 Å². The normalized spacial score (nSPS) is 25.7. The van der Waals surface area contributed by atoms with E-state index in [1.165, 1.54) is 10.5 Å². The average molecular weight is 505 g/mol. The maximum Gasteiger partial charge on any atom is 0.327 e. The Hall–Kier alpha value is -1.96. The van der Waals surface area contributed by atoms with Gasteiger partial charge >= 0.3 is 6.03 Å². The van der Waals surface area contributed by atoms with Gasteiger partial charge in [0.25, 0.3) is 5.91 Å². The Morgan fingerprint density at radius 3 is 2.31 bits per heavy atom. The fraction of sp³-hybridized carbons (Fsp3) is 0.667. The Morgan fingerprint density at radius 2 is 1.74 bits per heavy atom. The van der Waals surface area contributed by atoms with Gasteiger partial charge in [-0.15, -0.1) is 12.4 Å². The number of carbonyl (C=O) groups is 3. The molecule has 0 aliphatic carbocycles. The Labute approximate surface area is 216 Å². The summed E-state index contributed by atoms with van der Waals surface area (Å²) in [5.41, 5.74) is 0.423. The van der Waals surface area contributed by atoms with Gasteiger partial charge in [-0.25, -0.2) is 4.79 Å². The molecule has 3 amide bonds. The van der Waals surface area contributed by atoms with Crippen molar-refractivity contribution in [2.45, 2.75) is 64.5 Å². The van der Waals surface area contributed by atoms with E-state index in [4.69, 9.17) is 0 Å². The molecule has 3 aliphatic heterocycles. The second-order valence-electron chi connectivity index (χ2n) is 11.4. The summed E-state index contributed by atoms with van der Waals surface area (Å²) in [7, 11) is 1.58. The highest BCUT2D eigenvalue weighted by Gasteiger charge is 2.57. The summed E-state index contributed by atoms with van der Waals surface area (Å²) in [6.45, 7) is 11.8. The molecule has 1 aromatic rings. The number of benzene rings is 1. The number of Topliss-reactive ketones (excluding diaryl/α,β-unsaturated/α-hetero) is 1. The number of ketones is 1. The Kier molecular flexibility index (Phi) is 8.34. The number of likely N-dealkylation sites (N-methyl/N-ethyl adjacent to an activating group) is 2. The number of carbonyl (C=O) groups excluding carboxylic acids is 3. The molecule has 1 N–H and O–H groups in total. The quantitative estimate of drug-likeness (QED) is 0.600. The zero-order chi connectivity index (χ0) is 24.7. The largest absolute Gasteiger partial charge is 0.327 e. The van der Waals surface area contributed by atoms with Crippen LogP contribution in [-0.2, 0) is 9.59 Å². The minimum absolute atomic E-state index is 0. The van der Waals surface area contributed by atoms with Gasteiger partial charge in [0.2, 0.25) is 0 Å². The van der Waals surface area contributed by atoms with E-state index >= 15 is 0 Å². The standard InChI is InChI=1S/C27H40N4O3.ClH/c1-6-31-25(34)29(5)24(33)27(31)12-14-30(15-13-27)23(22(32)16-26(2,3)4)21-18-28-17-20(21)19-10-8-7-9-11-19;/h7-11,20-21,23,28H,6,12-18H2,1-5H3;1H/t20-,21-,23?;/m1./s1. The van der Waals surface area contributed by atoms with Gasteiger partial charge in [-0.2, -0.15) is 0 Å². The summed E-state index contributed by atoms with van der Waals surface area (Å²) >= 11 is 0. The third kappa shape index (κ3) is 5.13. The smallest absolute Gasteiger partial charge is 0.316 e. The summed E-state index contributed by atoms with van der Waals surface area (Å²) in [5, 5.41) is 3.55. The van der Waals surface area contributed by atoms with Crippen molar-refractivity contribution >= 4 is 30.1 Å². The van der Waals surface area contributed by atoms with E-state index in [2.05, 4.69) is 55.3 Å².